The number of ether oxygens (including phenoxy) is 1. The molecule has 14 nitrogen and oxygen atoms in total. The summed E-state index contributed by atoms with van der Waals surface area (Å²) < 4.78 is 4.78. The standard InChI is InChI=1S/C29H44N8O6/c1-4-8-19(9-5-2)26(39)35-22(16-24(38)43-3)28(41)37-13-7-12-23(37)27(40)34-21(17-33-36-29(32)42)15-18-10-6-11-20(14-18)25(30)31/h6,10-11,14,17,19,21-23H,4-5,7-9,12-13,15-16H2,1-3H3,(H3,30,31)(H,34,40)(H,35,39)(H3,32,36,42)/b33-17+/t21?,22-,23?/m0/s1. The van der Waals surface area contributed by atoms with Gasteiger partial charge in [0.15, 0.2) is 0 Å². The third-order valence-corrected chi connectivity index (χ3v) is 7.15. The first-order chi connectivity index (χ1) is 20.5. The molecular weight excluding hydrogens is 556 g/mol. The third-order valence-electron chi connectivity index (χ3n) is 7.15. The number of nitrogens with two attached hydrogens (primary N) is 2. The average molecular weight is 601 g/mol. The number of methoxy groups -OCH3 is 1. The molecule has 0 saturated carbocycles. The van der Waals surface area contributed by atoms with Gasteiger partial charge >= 0.3 is 12.0 Å². The molecule has 1 aromatic rings. The fourth-order valence-electron chi connectivity index (χ4n) is 5.08. The lowest BCUT2D eigenvalue weighted by atomic mass is 9.96. The van der Waals surface area contributed by atoms with E-state index in [1.807, 2.05) is 13.8 Å². The van der Waals surface area contributed by atoms with Crippen molar-refractivity contribution in [2.75, 3.05) is 13.7 Å². The monoisotopic (exact) mass is 600 g/mol. The highest BCUT2D eigenvalue weighted by Gasteiger charge is 2.39. The molecular formula is C29H44N8O6. The molecule has 1 heterocycles. The minimum Gasteiger partial charge on any atom is -0.469 e. The van der Waals surface area contributed by atoms with E-state index in [2.05, 4.69) is 21.2 Å². The predicted octanol–water partition coefficient (Wildman–Crippen LogP) is 0.907. The molecule has 8 N–H and O–H groups in total. The van der Waals surface area contributed by atoms with Gasteiger partial charge in [0.1, 0.15) is 17.9 Å². The van der Waals surface area contributed by atoms with Gasteiger partial charge in [-0.1, -0.05) is 44.9 Å². The molecule has 3 atom stereocenters. The molecule has 0 radical (unpaired) electrons. The maximum Gasteiger partial charge on any atom is 0.332 e. The molecule has 5 amide bonds. The minimum absolute atomic E-state index is 0.115. The fraction of sp³-hybridized carbons (Fsp3) is 0.552. The zero-order valence-corrected chi connectivity index (χ0v) is 25.1. The molecule has 1 aromatic carbocycles. The number of urea groups is 1. The number of nitrogen functional groups attached to an aromatic ring is 1. The van der Waals surface area contributed by atoms with Crippen molar-refractivity contribution >= 4 is 41.8 Å². The number of primary amides is 1. The summed E-state index contributed by atoms with van der Waals surface area (Å²) in [5, 5.41) is 17.1. The van der Waals surface area contributed by atoms with Crippen LogP contribution in [0, 0.1) is 11.3 Å². The van der Waals surface area contributed by atoms with Crippen molar-refractivity contribution < 1.29 is 28.7 Å². The quantitative estimate of drug-likeness (QED) is 0.0695. The molecule has 14 heteroatoms. The Kier molecular flexibility index (Phi) is 14.1. The highest BCUT2D eigenvalue weighted by Crippen LogP contribution is 2.21. The van der Waals surface area contributed by atoms with E-state index in [1.54, 1.807) is 24.3 Å². The zero-order valence-electron chi connectivity index (χ0n) is 25.1. The van der Waals surface area contributed by atoms with E-state index in [0.717, 1.165) is 18.4 Å². The summed E-state index contributed by atoms with van der Waals surface area (Å²) in [6, 6.07) is 3.23. The molecule has 0 aliphatic carbocycles. The van der Waals surface area contributed by atoms with Crippen LogP contribution in [0.4, 0.5) is 4.79 Å². The molecule has 2 unspecified atom stereocenters. The van der Waals surface area contributed by atoms with Crippen LogP contribution in [-0.2, 0) is 30.3 Å². The summed E-state index contributed by atoms with van der Waals surface area (Å²) in [6.07, 6.45) is 4.97. The number of nitrogens with one attached hydrogen (secondary N) is 4. The number of amides is 5. The summed E-state index contributed by atoms with van der Waals surface area (Å²) in [6.45, 7) is 4.21. The molecule has 1 aliphatic heterocycles. The topological polar surface area (TPSA) is 222 Å². The van der Waals surface area contributed by atoms with Crippen molar-refractivity contribution in [3.63, 3.8) is 0 Å². The zero-order chi connectivity index (χ0) is 31.9. The Bertz CT molecular complexity index is 1180. The second-order valence-electron chi connectivity index (χ2n) is 10.5. The highest BCUT2D eigenvalue weighted by molar-refractivity contribution is 5.96. The van der Waals surface area contributed by atoms with Crippen LogP contribution in [0.15, 0.2) is 29.4 Å². The summed E-state index contributed by atoms with van der Waals surface area (Å²) in [4.78, 5) is 65.0. The van der Waals surface area contributed by atoms with Crippen molar-refractivity contribution in [2.45, 2.75) is 83.3 Å². The Hall–Kier alpha value is -4.49. The number of amidine groups is 1. The third kappa shape index (κ3) is 11.0. The van der Waals surface area contributed by atoms with E-state index < -0.39 is 41.9 Å². The number of nitrogens with zero attached hydrogens (tertiary/aromatic N) is 2. The lowest BCUT2D eigenvalue weighted by Crippen LogP contribution is -2.56. The molecule has 236 valence electrons. The Morgan fingerprint density at radius 3 is 2.44 bits per heavy atom. The van der Waals surface area contributed by atoms with E-state index in [4.69, 9.17) is 21.6 Å². The predicted molar refractivity (Wildman–Crippen MR) is 161 cm³/mol. The Morgan fingerprint density at radius 1 is 1.14 bits per heavy atom. The number of carbonyl (C=O) groups excluding carboxylic acids is 5. The van der Waals surface area contributed by atoms with Crippen LogP contribution in [0.25, 0.3) is 0 Å². The highest BCUT2D eigenvalue weighted by atomic mass is 16.5. The van der Waals surface area contributed by atoms with E-state index in [1.165, 1.54) is 18.2 Å². The van der Waals surface area contributed by atoms with Crippen molar-refractivity contribution in [3.05, 3.63) is 35.4 Å². The Morgan fingerprint density at radius 2 is 1.84 bits per heavy atom. The molecule has 43 heavy (non-hydrogen) atoms. The average Bonchev–Trinajstić information content (AvgIpc) is 3.46. The number of carbonyl (C=O) groups is 5. The van der Waals surface area contributed by atoms with Gasteiger partial charge in [-0.15, -0.1) is 0 Å². The van der Waals surface area contributed by atoms with Gasteiger partial charge in [0.25, 0.3) is 0 Å². The molecule has 1 fully saturated rings. The lowest BCUT2D eigenvalue weighted by molar-refractivity contribution is -0.147. The van der Waals surface area contributed by atoms with Crippen molar-refractivity contribution in [3.8, 4) is 0 Å². The Balaban J connectivity index is 2.25. The molecule has 0 bridgehead atoms. The van der Waals surface area contributed by atoms with Crippen molar-refractivity contribution in [2.24, 2.45) is 22.5 Å². The van der Waals surface area contributed by atoms with Gasteiger partial charge in [-0.25, -0.2) is 10.2 Å². The Labute approximate surface area is 251 Å². The van der Waals surface area contributed by atoms with Gasteiger partial charge in [0, 0.05) is 24.2 Å². The number of hydrazone groups is 1. The summed E-state index contributed by atoms with van der Waals surface area (Å²) in [5.41, 5.74) is 14.0. The van der Waals surface area contributed by atoms with Gasteiger partial charge in [-0.05, 0) is 43.7 Å². The molecule has 1 aliphatic rings. The number of rotatable bonds is 16. The summed E-state index contributed by atoms with van der Waals surface area (Å²) >= 11 is 0. The largest absolute Gasteiger partial charge is 0.469 e. The van der Waals surface area contributed by atoms with Crippen LogP contribution in [0.3, 0.4) is 0 Å². The normalized spacial score (nSPS) is 16.0. The van der Waals surface area contributed by atoms with Crippen LogP contribution >= 0.6 is 0 Å². The SMILES string of the molecule is CCCC(CCC)C(=O)N[C@@H](CC(=O)OC)C(=O)N1CCCC1C(=O)NC(/C=N/NC(N)=O)Cc1cccc(C(=N)N)c1. The van der Waals surface area contributed by atoms with Gasteiger partial charge in [0.2, 0.25) is 17.7 Å². The maximum atomic E-state index is 13.7. The summed E-state index contributed by atoms with van der Waals surface area (Å²) in [7, 11) is 1.20. The molecule has 0 aromatic heterocycles. The second-order valence-corrected chi connectivity index (χ2v) is 10.5. The van der Waals surface area contributed by atoms with Crippen LogP contribution in [-0.4, -0.2) is 78.5 Å². The van der Waals surface area contributed by atoms with Crippen LogP contribution < -0.4 is 27.5 Å². The van der Waals surface area contributed by atoms with Crippen molar-refractivity contribution in [1.29, 1.82) is 5.41 Å². The van der Waals surface area contributed by atoms with Crippen molar-refractivity contribution in [1.82, 2.24) is 21.0 Å². The fourth-order valence-corrected chi connectivity index (χ4v) is 5.08. The van der Waals surface area contributed by atoms with E-state index in [0.29, 0.717) is 31.2 Å². The number of likely N-dealkylation sites (tertiary alicyclic amines) is 1. The maximum absolute atomic E-state index is 13.7. The first kappa shape index (κ1) is 34.7. The van der Waals surface area contributed by atoms with E-state index in [-0.39, 0.29) is 37.0 Å². The van der Waals surface area contributed by atoms with Gasteiger partial charge in [-0.3, -0.25) is 24.6 Å². The number of hydrogen-bond donors (Lipinski definition) is 6. The lowest BCUT2D eigenvalue weighted by Gasteiger charge is -2.30. The number of hydrogen-bond acceptors (Lipinski definition) is 8. The molecule has 2 rings (SSSR count). The molecule has 0 spiro atoms. The van der Waals surface area contributed by atoms with Gasteiger partial charge in [-0.2, -0.15) is 5.10 Å². The van der Waals surface area contributed by atoms with E-state index in [9.17, 15) is 24.0 Å². The number of esters is 1. The first-order valence-electron chi connectivity index (χ1n) is 14.5. The molecule has 1 saturated heterocycles. The first-order valence-corrected chi connectivity index (χ1v) is 14.5. The second kappa shape index (κ2) is 17.5. The van der Waals surface area contributed by atoms with Gasteiger partial charge < -0.3 is 31.7 Å². The smallest absolute Gasteiger partial charge is 0.332 e. The van der Waals surface area contributed by atoms with Gasteiger partial charge in [0.05, 0.1) is 19.6 Å². The minimum atomic E-state index is -1.18. The number of benzene rings is 1. The van der Waals surface area contributed by atoms with Crippen LogP contribution in [0.1, 0.15) is 69.9 Å². The van der Waals surface area contributed by atoms with Crippen LogP contribution in [0.2, 0.25) is 0 Å². The van der Waals surface area contributed by atoms with E-state index >= 15 is 0 Å². The van der Waals surface area contributed by atoms with Crippen LogP contribution in [0.5, 0.6) is 0 Å². The summed E-state index contributed by atoms with van der Waals surface area (Å²) in [5.74, 6) is -2.39.